The van der Waals surface area contributed by atoms with Crippen molar-refractivity contribution < 1.29 is 36.2 Å². The van der Waals surface area contributed by atoms with Gasteiger partial charge in [-0.1, -0.05) is 0 Å². The van der Waals surface area contributed by atoms with Crippen LogP contribution in [0.3, 0.4) is 0 Å². The van der Waals surface area contributed by atoms with Gasteiger partial charge in [0, 0.05) is 5.54 Å². The molecule has 0 bridgehead atoms. The molecular weight excluding hydrogens is 268 g/mol. The smallest absolute Gasteiger partial charge is 0.394 e. The standard InChI is InChI=1S/C9H13F6NO2/c10-8(11,12)6(9(13,14)15)18-5-1-2-7(16,3-5)4-17/h5-6,17H,1-4,16H2. The molecule has 0 aliphatic heterocycles. The third-order valence-corrected chi connectivity index (χ3v) is 2.84. The van der Waals surface area contributed by atoms with Crippen LogP contribution in [-0.4, -0.2) is 41.8 Å². The molecule has 2 atom stereocenters. The first-order valence-corrected chi connectivity index (χ1v) is 5.16. The topological polar surface area (TPSA) is 55.5 Å². The van der Waals surface area contributed by atoms with Crippen molar-refractivity contribution in [2.75, 3.05) is 6.61 Å². The Morgan fingerprint density at radius 3 is 2.06 bits per heavy atom. The molecule has 0 spiro atoms. The fraction of sp³-hybridized carbons (Fsp3) is 1.00. The molecule has 0 aromatic carbocycles. The molecule has 1 aliphatic rings. The van der Waals surface area contributed by atoms with Gasteiger partial charge >= 0.3 is 12.4 Å². The maximum absolute atomic E-state index is 12.2. The lowest BCUT2D eigenvalue weighted by Gasteiger charge is -2.27. The van der Waals surface area contributed by atoms with Gasteiger partial charge in [-0.05, 0) is 19.3 Å². The summed E-state index contributed by atoms with van der Waals surface area (Å²) in [5.74, 6) is 0. The molecule has 1 fully saturated rings. The van der Waals surface area contributed by atoms with Gasteiger partial charge in [-0.2, -0.15) is 26.3 Å². The number of nitrogens with two attached hydrogens (primary N) is 1. The average molecular weight is 281 g/mol. The number of aliphatic hydroxyl groups excluding tert-OH is 1. The summed E-state index contributed by atoms with van der Waals surface area (Å²) < 4.78 is 77.4. The second-order valence-electron chi connectivity index (χ2n) is 4.48. The molecule has 18 heavy (non-hydrogen) atoms. The number of alkyl halides is 6. The van der Waals surface area contributed by atoms with Crippen molar-refractivity contribution in [1.82, 2.24) is 0 Å². The molecule has 0 aromatic rings. The molecule has 3 N–H and O–H groups in total. The minimum Gasteiger partial charge on any atom is -0.394 e. The SMILES string of the molecule is NC1(CO)CCC(OC(C(F)(F)F)C(F)(F)F)C1. The van der Waals surface area contributed by atoms with Crippen molar-refractivity contribution in [3.05, 3.63) is 0 Å². The zero-order chi connectivity index (χ0) is 14.2. The van der Waals surface area contributed by atoms with Gasteiger partial charge in [0.1, 0.15) is 0 Å². The van der Waals surface area contributed by atoms with Crippen molar-refractivity contribution in [3.8, 4) is 0 Å². The Balaban J connectivity index is 2.70. The summed E-state index contributed by atoms with van der Waals surface area (Å²) in [6.45, 7) is -0.504. The minimum atomic E-state index is -5.52. The molecule has 0 radical (unpaired) electrons. The fourth-order valence-electron chi connectivity index (χ4n) is 1.90. The van der Waals surface area contributed by atoms with E-state index >= 15 is 0 Å². The molecule has 9 heteroatoms. The van der Waals surface area contributed by atoms with Crippen LogP contribution in [0, 0.1) is 0 Å². The molecular formula is C9H13F6NO2. The van der Waals surface area contributed by atoms with Crippen LogP contribution in [0.25, 0.3) is 0 Å². The minimum absolute atomic E-state index is 0.0419. The third kappa shape index (κ3) is 3.72. The highest BCUT2D eigenvalue weighted by Crippen LogP contribution is 2.39. The lowest BCUT2D eigenvalue weighted by atomic mass is 10.0. The van der Waals surface area contributed by atoms with E-state index in [9.17, 15) is 26.3 Å². The maximum atomic E-state index is 12.2. The molecule has 2 unspecified atom stereocenters. The predicted octanol–water partition coefficient (Wildman–Crippen LogP) is 1.74. The van der Waals surface area contributed by atoms with Crippen LogP contribution in [0.1, 0.15) is 19.3 Å². The number of halogens is 6. The summed E-state index contributed by atoms with van der Waals surface area (Å²) in [6.07, 6.45) is -16.2. The Labute approximate surface area is 98.9 Å². The number of aliphatic hydroxyl groups is 1. The first-order chi connectivity index (χ1) is 7.98. The molecule has 0 saturated heterocycles. The van der Waals surface area contributed by atoms with Crippen LogP contribution in [0.4, 0.5) is 26.3 Å². The van der Waals surface area contributed by atoms with E-state index in [4.69, 9.17) is 10.8 Å². The second kappa shape index (κ2) is 4.86. The van der Waals surface area contributed by atoms with Gasteiger partial charge in [-0.15, -0.1) is 0 Å². The Hall–Kier alpha value is -0.540. The number of ether oxygens (including phenoxy) is 1. The number of rotatable bonds is 3. The zero-order valence-electron chi connectivity index (χ0n) is 9.18. The normalized spacial score (nSPS) is 30.2. The number of hydrogen-bond donors (Lipinski definition) is 2. The van der Waals surface area contributed by atoms with Crippen LogP contribution in [0.5, 0.6) is 0 Å². The molecule has 0 amide bonds. The van der Waals surface area contributed by atoms with E-state index in [0.29, 0.717) is 0 Å². The van der Waals surface area contributed by atoms with Crippen molar-refractivity contribution in [1.29, 1.82) is 0 Å². The molecule has 0 aromatic heterocycles. The summed E-state index contributed by atoms with van der Waals surface area (Å²) in [7, 11) is 0. The van der Waals surface area contributed by atoms with Gasteiger partial charge < -0.3 is 15.6 Å². The van der Waals surface area contributed by atoms with E-state index in [-0.39, 0.29) is 19.3 Å². The lowest BCUT2D eigenvalue weighted by molar-refractivity contribution is -0.330. The summed E-state index contributed by atoms with van der Waals surface area (Å²) >= 11 is 0. The fourth-order valence-corrected chi connectivity index (χ4v) is 1.90. The van der Waals surface area contributed by atoms with Crippen LogP contribution >= 0.6 is 0 Å². The quantitative estimate of drug-likeness (QED) is 0.775. The van der Waals surface area contributed by atoms with Crippen LogP contribution < -0.4 is 5.73 Å². The van der Waals surface area contributed by atoms with Crippen molar-refractivity contribution in [2.24, 2.45) is 5.73 Å². The summed E-state index contributed by atoms with van der Waals surface area (Å²) in [4.78, 5) is 0. The van der Waals surface area contributed by atoms with E-state index in [1.807, 2.05) is 0 Å². The zero-order valence-corrected chi connectivity index (χ0v) is 9.18. The van der Waals surface area contributed by atoms with Crippen molar-refractivity contribution >= 4 is 0 Å². The maximum Gasteiger partial charge on any atom is 0.423 e. The highest BCUT2D eigenvalue weighted by atomic mass is 19.4. The lowest BCUT2D eigenvalue weighted by Crippen LogP contribution is -2.47. The molecule has 0 heterocycles. The van der Waals surface area contributed by atoms with Crippen LogP contribution in [0.2, 0.25) is 0 Å². The summed E-state index contributed by atoms with van der Waals surface area (Å²) in [5, 5.41) is 8.87. The van der Waals surface area contributed by atoms with E-state index in [2.05, 4.69) is 4.74 Å². The van der Waals surface area contributed by atoms with Gasteiger partial charge in [0.2, 0.25) is 6.10 Å². The molecule has 1 saturated carbocycles. The Kier molecular flexibility index (Phi) is 4.19. The van der Waals surface area contributed by atoms with E-state index in [1.54, 1.807) is 0 Å². The Morgan fingerprint density at radius 1 is 1.22 bits per heavy atom. The van der Waals surface area contributed by atoms with Crippen molar-refractivity contribution in [3.63, 3.8) is 0 Å². The third-order valence-electron chi connectivity index (χ3n) is 2.84. The average Bonchev–Trinajstić information content (AvgIpc) is 2.54. The van der Waals surface area contributed by atoms with Crippen molar-refractivity contribution in [2.45, 2.75) is 49.4 Å². The van der Waals surface area contributed by atoms with E-state index < -0.39 is 36.7 Å². The highest BCUT2D eigenvalue weighted by molar-refractivity contribution is 4.94. The first kappa shape index (κ1) is 15.5. The highest BCUT2D eigenvalue weighted by Gasteiger charge is 2.59. The van der Waals surface area contributed by atoms with E-state index in [0.717, 1.165) is 0 Å². The van der Waals surface area contributed by atoms with Gasteiger partial charge in [-0.3, -0.25) is 0 Å². The Bertz CT molecular complexity index is 278. The molecule has 108 valence electrons. The molecule has 1 rings (SSSR count). The van der Waals surface area contributed by atoms with Crippen LogP contribution in [-0.2, 0) is 4.74 Å². The van der Waals surface area contributed by atoms with Gasteiger partial charge in [0.25, 0.3) is 0 Å². The largest absolute Gasteiger partial charge is 0.423 e. The Morgan fingerprint density at radius 2 is 1.72 bits per heavy atom. The van der Waals surface area contributed by atoms with Gasteiger partial charge in [0.05, 0.1) is 12.7 Å². The first-order valence-electron chi connectivity index (χ1n) is 5.16. The van der Waals surface area contributed by atoms with Gasteiger partial charge in [-0.25, -0.2) is 0 Å². The summed E-state index contributed by atoms with van der Waals surface area (Å²) in [6, 6.07) is 0. The number of hydrogen-bond acceptors (Lipinski definition) is 3. The molecule has 3 nitrogen and oxygen atoms in total. The van der Waals surface area contributed by atoms with Gasteiger partial charge in [0.15, 0.2) is 0 Å². The summed E-state index contributed by atoms with van der Waals surface area (Å²) in [5.41, 5.74) is 4.39. The van der Waals surface area contributed by atoms with Crippen LogP contribution in [0.15, 0.2) is 0 Å². The monoisotopic (exact) mass is 281 g/mol. The van der Waals surface area contributed by atoms with E-state index in [1.165, 1.54) is 0 Å². The molecule has 1 aliphatic carbocycles. The predicted molar refractivity (Wildman–Crippen MR) is 48.6 cm³/mol. The second-order valence-corrected chi connectivity index (χ2v) is 4.48.